The summed E-state index contributed by atoms with van der Waals surface area (Å²) >= 11 is 6.25. The number of rotatable bonds is 3. The molecule has 0 amide bonds. The average molecular weight is 304 g/mol. The van der Waals surface area contributed by atoms with Gasteiger partial charge in [0.25, 0.3) is 0 Å². The number of nitrogen functional groups attached to an aromatic ring is 1. The summed E-state index contributed by atoms with van der Waals surface area (Å²) in [7, 11) is 1.86. The third kappa shape index (κ3) is 2.25. The summed E-state index contributed by atoms with van der Waals surface area (Å²) in [4.78, 5) is 0. The maximum atomic E-state index is 6.25. The first-order valence-electron chi connectivity index (χ1n) is 6.47. The molecule has 0 atom stereocenters. The molecule has 21 heavy (non-hydrogen) atoms. The molecular formula is C13H14ClN7. The first kappa shape index (κ1) is 13.6. The minimum atomic E-state index is 0.501. The second-order valence-electron chi connectivity index (χ2n) is 4.61. The van der Waals surface area contributed by atoms with Crippen LogP contribution in [-0.4, -0.2) is 30.0 Å². The molecule has 3 aromatic rings. The Morgan fingerprint density at radius 3 is 2.86 bits per heavy atom. The van der Waals surface area contributed by atoms with Crippen molar-refractivity contribution in [1.29, 1.82) is 0 Å². The Kier molecular flexibility index (Phi) is 3.34. The Bertz CT molecular complexity index is 769. The molecule has 0 aliphatic carbocycles. The maximum absolute atomic E-state index is 6.25. The van der Waals surface area contributed by atoms with Gasteiger partial charge >= 0.3 is 0 Å². The van der Waals surface area contributed by atoms with Crippen molar-refractivity contribution in [3.05, 3.63) is 35.1 Å². The van der Waals surface area contributed by atoms with E-state index in [1.54, 1.807) is 27.6 Å². The molecule has 0 unspecified atom stereocenters. The average Bonchev–Trinajstić information content (AvgIpc) is 3.04. The van der Waals surface area contributed by atoms with Crippen molar-refractivity contribution in [3.8, 4) is 17.1 Å². The topological polar surface area (TPSA) is 87.4 Å². The van der Waals surface area contributed by atoms with Crippen LogP contribution in [0.5, 0.6) is 0 Å². The van der Waals surface area contributed by atoms with E-state index in [1.807, 2.05) is 20.2 Å². The number of anilines is 1. The van der Waals surface area contributed by atoms with Gasteiger partial charge in [-0.05, 0) is 29.0 Å². The van der Waals surface area contributed by atoms with Crippen LogP contribution in [0.3, 0.4) is 0 Å². The first-order chi connectivity index (χ1) is 10.1. The summed E-state index contributed by atoms with van der Waals surface area (Å²) in [6, 6.07) is 5.32. The van der Waals surface area contributed by atoms with Crippen molar-refractivity contribution in [2.45, 2.75) is 13.3 Å². The Morgan fingerprint density at radius 2 is 2.14 bits per heavy atom. The Morgan fingerprint density at radius 1 is 1.33 bits per heavy atom. The van der Waals surface area contributed by atoms with Crippen molar-refractivity contribution in [2.75, 3.05) is 5.73 Å². The lowest BCUT2D eigenvalue weighted by Crippen LogP contribution is -2.03. The van der Waals surface area contributed by atoms with E-state index in [-0.39, 0.29) is 0 Å². The van der Waals surface area contributed by atoms with Gasteiger partial charge in [-0.3, -0.25) is 4.68 Å². The highest BCUT2D eigenvalue weighted by Gasteiger charge is 2.19. The van der Waals surface area contributed by atoms with Crippen LogP contribution in [0.15, 0.2) is 24.4 Å². The van der Waals surface area contributed by atoms with Crippen molar-refractivity contribution in [2.24, 2.45) is 7.05 Å². The van der Waals surface area contributed by atoms with Gasteiger partial charge in [-0.2, -0.15) is 9.78 Å². The van der Waals surface area contributed by atoms with E-state index in [2.05, 4.69) is 20.6 Å². The quantitative estimate of drug-likeness (QED) is 0.746. The SMILES string of the molecule is CCc1nn(C)cc1-n1nnnc1-c1c(N)cccc1Cl. The van der Waals surface area contributed by atoms with E-state index >= 15 is 0 Å². The zero-order chi connectivity index (χ0) is 15.0. The first-order valence-corrected chi connectivity index (χ1v) is 6.85. The van der Waals surface area contributed by atoms with Crippen LogP contribution in [0, 0.1) is 0 Å². The number of hydrogen-bond acceptors (Lipinski definition) is 5. The normalized spacial score (nSPS) is 11.0. The fourth-order valence-corrected chi connectivity index (χ4v) is 2.50. The van der Waals surface area contributed by atoms with E-state index in [4.69, 9.17) is 17.3 Å². The van der Waals surface area contributed by atoms with E-state index in [0.29, 0.717) is 22.1 Å². The molecule has 0 bridgehead atoms. The molecule has 2 heterocycles. The summed E-state index contributed by atoms with van der Waals surface area (Å²) in [5.41, 5.74) is 8.89. The molecule has 1 aromatic carbocycles. The lowest BCUT2D eigenvalue weighted by Gasteiger charge is -2.08. The molecule has 0 fully saturated rings. The zero-order valence-electron chi connectivity index (χ0n) is 11.7. The number of nitrogens with two attached hydrogens (primary N) is 1. The number of hydrogen-bond donors (Lipinski definition) is 1. The third-order valence-electron chi connectivity index (χ3n) is 3.19. The highest BCUT2D eigenvalue weighted by atomic mass is 35.5. The van der Waals surface area contributed by atoms with Gasteiger partial charge in [-0.15, -0.1) is 5.10 Å². The second-order valence-corrected chi connectivity index (χ2v) is 5.01. The van der Waals surface area contributed by atoms with Gasteiger partial charge in [0.05, 0.1) is 22.5 Å². The number of benzene rings is 1. The zero-order valence-corrected chi connectivity index (χ0v) is 12.4. The molecule has 8 heteroatoms. The number of nitrogens with zero attached hydrogens (tertiary/aromatic N) is 6. The number of tetrazole rings is 1. The highest BCUT2D eigenvalue weighted by Crippen LogP contribution is 2.32. The summed E-state index contributed by atoms with van der Waals surface area (Å²) in [5.74, 6) is 0.501. The van der Waals surface area contributed by atoms with Crippen LogP contribution in [0.2, 0.25) is 5.02 Å². The van der Waals surface area contributed by atoms with Gasteiger partial charge in [-0.25, -0.2) is 0 Å². The minimum absolute atomic E-state index is 0.501. The van der Waals surface area contributed by atoms with E-state index in [9.17, 15) is 0 Å². The molecule has 2 N–H and O–H groups in total. The standard InChI is InChI=1S/C13H14ClN7/c1-3-10-11(7-20(2)17-10)21-13(16-18-19-21)12-8(14)5-4-6-9(12)15/h4-7H,3,15H2,1-2H3. The van der Waals surface area contributed by atoms with E-state index in [1.165, 1.54) is 0 Å². The van der Waals surface area contributed by atoms with Crippen LogP contribution in [0.4, 0.5) is 5.69 Å². The molecule has 3 rings (SSSR count). The smallest absolute Gasteiger partial charge is 0.190 e. The molecule has 0 radical (unpaired) electrons. The highest BCUT2D eigenvalue weighted by molar-refractivity contribution is 6.33. The minimum Gasteiger partial charge on any atom is -0.398 e. The van der Waals surface area contributed by atoms with Crippen LogP contribution in [0.25, 0.3) is 17.1 Å². The fourth-order valence-electron chi connectivity index (χ4n) is 2.23. The van der Waals surface area contributed by atoms with Crippen LogP contribution in [0.1, 0.15) is 12.6 Å². The number of aryl methyl sites for hydroxylation is 2. The summed E-state index contributed by atoms with van der Waals surface area (Å²) < 4.78 is 3.35. The monoisotopic (exact) mass is 303 g/mol. The number of aromatic nitrogens is 6. The van der Waals surface area contributed by atoms with Gasteiger partial charge in [-0.1, -0.05) is 24.6 Å². The predicted octanol–water partition coefficient (Wildman–Crippen LogP) is 1.86. The van der Waals surface area contributed by atoms with Crippen molar-refractivity contribution in [3.63, 3.8) is 0 Å². The lowest BCUT2D eigenvalue weighted by atomic mass is 10.1. The Balaban J connectivity index is 2.22. The summed E-state index contributed by atoms with van der Waals surface area (Å²) in [6.45, 7) is 2.03. The van der Waals surface area contributed by atoms with Gasteiger partial charge in [0.1, 0.15) is 5.69 Å². The van der Waals surface area contributed by atoms with Crippen LogP contribution < -0.4 is 5.73 Å². The molecule has 108 valence electrons. The van der Waals surface area contributed by atoms with Gasteiger partial charge in [0.2, 0.25) is 0 Å². The largest absolute Gasteiger partial charge is 0.398 e. The predicted molar refractivity (Wildman–Crippen MR) is 80.2 cm³/mol. The van der Waals surface area contributed by atoms with Crippen molar-refractivity contribution >= 4 is 17.3 Å². The van der Waals surface area contributed by atoms with E-state index < -0.39 is 0 Å². The van der Waals surface area contributed by atoms with Crippen LogP contribution >= 0.6 is 11.6 Å². The van der Waals surface area contributed by atoms with Gasteiger partial charge < -0.3 is 5.73 Å². The molecule has 7 nitrogen and oxygen atoms in total. The molecular weight excluding hydrogens is 290 g/mol. The molecule has 0 aliphatic heterocycles. The van der Waals surface area contributed by atoms with E-state index in [0.717, 1.165) is 17.8 Å². The van der Waals surface area contributed by atoms with Crippen molar-refractivity contribution in [1.82, 2.24) is 30.0 Å². The number of halogens is 1. The van der Waals surface area contributed by atoms with Crippen LogP contribution in [-0.2, 0) is 13.5 Å². The molecule has 2 aromatic heterocycles. The summed E-state index contributed by atoms with van der Waals surface area (Å²) in [5, 5.41) is 16.8. The third-order valence-corrected chi connectivity index (χ3v) is 3.50. The lowest BCUT2D eigenvalue weighted by molar-refractivity contribution is 0.746. The molecule has 0 aliphatic rings. The fraction of sp³-hybridized carbons (Fsp3) is 0.231. The molecule has 0 saturated heterocycles. The Hall–Kier alpha value is -2.41. The second kappa shape index (κ2) is 5.17. The summed E-state index contributed by atoms with van der Waals surface area (Å²) in [6.07, 6.45) is 2.64. The van der Waals surface area contributed by atoms with Crippen molar-refractivity contribution < 1.29 is 0 Å². The molecule has 0 spiro atoms. The van der Waals surface area contributed by atoms with Gasteiger partial charge in [0, 0.05) is 12.7 Å². The molecule has 0 saturated carbocycles. The van der Waals surface area contributed by atoms with Gasteiger partial charge in [0.15, 0.2) is 5.82 Å². The maximum Gasteiger partial charge on any atom is 0.190 e. The Labute approximate surface area is 126 Å².